The van der Waals surface area contributed by atoms with E-state index in [-0.39, 0.29) is 6.04 Å². The van der Waals surface area contributed by atoms with Gasteiger partial charge < -0.3 is 15.0 Å². The third kappa shape index (κ3) is 1.91. The lowest BCUT2D eigenvalue weighted by atomic mass is 10.2. The minimum atomic E-state index is 0.0227. The Bertz CT molecular complexity index is 526. The van der Waals surface area contributed by atoms with E-state index in [0.717, 1.165) is 16.8 Å². The van der Waals surface area contributed by atoms with Crippen molar-refractivity contribution in [2.45, 2.75) is 32.9 Å². The molecule has 0 aliphatic heterocycles. The minimum absolute atomic E-state index is 0.0227. The molecule has 0 aliphatic rings. The largest absolute Gasteiger partial charge is 0.496 e. The highest BCUT2D eigenvalue weighted by molar-refractivity contribution is 5.87. The van der Waals surface area contributed by atoms with Gasteiger partial charge in [-0.05, 0) is 39.0 Å². The van der Waals surface area contributed by atoms with E-state index in [1.54, 1.807) is 7.11 Å². The summed E-state index contributed by atoms with van der Waals surface area (Å²) < 4.78 is 7.68. The summed E-state index contributed by atoms with van der Waals surface area (Å²) in [6.07, 6.45) is 0. The number of hydrogen-bond acceptors (Lipinski definition) is 2. The molecule has 0 spiro atoms. The van der Waals surface area contributed by atoms with Gasteiger partial charge in [0.1, 0.15) is 5.75 Å². The Balaban J connectivity index is 2.79. The Labute approximate surface area is 102 Å². The van der Waals surface area contributed by atoms with Crippen LogP contribution < -0.4 is 10.5 Å². The lowest BCUT2D eigenvalue weighted by molar-refractivity contribution is 0.420. The summed E-state index contributed by atoms with van der Waals surface area (Å²) in [7, 11) is 1.70. The van der Waals surface area contributed by atoms with Crippen molar-refractivity contribution in [3.63, 3.8) is 0 Å². The number of benzene rings is 1. The lowest BCUT2D eigenvalue weighted by Gasteiger charge is -2.16. The molecule has 0 saturated carbocycles. The van der Waals surface area contributed by atoms with Gasteiger partial charge in [-0.15, -0.1) is 0 Å². The highest BCUT2D eigenvalue weighted by Gasteiger charge is 2.16. The minimum Gasteiger partial charge on any atom is -0.496 e. The molecule has 2 N–H and O–H groups in total. The van der Waals surface area contributed by atoms with Crippen molar-refractivity contribution >= 4 is 10.9 Å². The number of hydrogen-bond donors (Lipinski definition) is 1. The Morgan fingerprint density at radius 3 is 2.47 bits per heavy atom. The lowest BCUT2D eigenvalue weighted by Crippen LogP contribution is -2.13. The zero-order valence-electron chi connectivity index (χ0n) is 10.9. The quantitative estimate of drug-likeness (QED) is 0.882. The van der Waals surface area contributed by atoms with Crippen molar-refractivity contribution in [2.75, 3.05) is 7.11 Å². The zero-order chi connectivity index (χ0) is 12.6. The fraction of sp³-hybridized carbons (Fsp3) is 0.429. The van der Waals surface area contributed by atoms with Crippen LogP contribution in [0.5, 0.6) is 5.75 Å². The smallest absolute Gasteiger partial charge is 0.128 e. The molecular formula is C14H20N2O. The standard InChI is InChI=1S/C14H20N2O/c1-9(2)16-12-6-5-7-14(17-4)11(12)8-13(16)10(3)15/h5-10H,15H2,1-4H3. The molecule has 92 valence electrons. The Morgan fingerprint density at radius 1 is 1.24 bits per heavy atom. The summed E-state index contributed by atoms with van der Waals surface area (Å²) in [6.45, 7) is 6.36. The van der Waals surface area contributed by atoms with E-state index >= 15 is 0 Å². The van der Waals surface area contributed by atoms with Crippen LogP contribution in [0.4, 0.5) is 0 Å². The van der Waals surface area contributed by atoms with Crippen LogP contribution in [-0.4, -0.2) is 11.7 Å². The van der Waals surface area contributed by atoms with Gasteiger partial charge in [0.2, 0.25) is 0 Å². The number of nitrogens with two attached hydrogens (primary N) is 1. The van der Waals surface area contributed by atoms with Gasteiger partial charge in [-0.2, -0.15) is 0 Å². The van der Waals surface area contributed by atoms with Crippen molar-refractivity contribution in [1.29, 1.82) is 0 Å². The molecule has 0 aliphatic carbocycles. The first-order chi connectivity index (χ1) is 8.06. The van der Waals surface area contributed by atoms with Gasteiger partial charge >= 0.3 is 0 Å². The number of aromatic nitrogens is 1. The van der Waals surface area contributed by atoms with Crippen molar-refractivity contribution in [3.8, 4) is 5.75 Å². The van der Waals surface area contributed by atoms with E-state index < -0.39 is 0 Å². The second kappa shape index (κ2) is 4.41. The molecule has 0 fully saturated rings. The molecule has 2 aromatic rings. The monoisotopic (exact) mass is 232 g/mol. The van der Waals surface area contributed by atoms with Crippen LogP contribution in [0.3, 0.4) is 0 Å². The molecule has 0 amide bonds. The number of fused-ring (bicyclic) bond motifs is 1. The Hall–Kier alpha value is -1.48. The maximum absolute atomic E-state index is 6.05. The summed E-state index contributed by atoms with van der Waals surface area (Å²) in [5.74, 6) is 0.906. The van der Waals surface area contributed by atoms with E-state index in [1.807, 2.05) is 19.1 Å². The summed E-state index contributed by atoms with van der Waals surface area (Å²) in [4.78, 5) is 0. The molecule has 0 radical (unpaired) electrons. The number of rotatable bonds is 3. The maximum atomic E-state index is 6.05. The normalized spacial score (nSPS) is 13.3. The van der Waals surface area contributed by atoms with Gasteiger partial charge in [0.25, 0.3) is 0 Å². The fourth-order valence-corrected chi connectivity index (χ4v) is 2.35. The first-order valence-corrected chi connectivity index (χ1v) is 5.99. The molecule has 0 saturated heterocycles. The van der Waals surface area contributed by atoms with Gasteiger partial charge in [0, 0.05) is 23.2 Å². The molecule has 1 atom stereocenters. The van der Waals surface area contributed by atoms with Crippen LogP contribution in [0, 0.1) is 0 Å². The second-order valence-electron chi connectivity index (χ2n) is 4.71. The van der Waals surface area contributed by atoms with Crippen LogP contribution in [0.25, 0.3) is 10.9 Å². The van der Waals surface area contributed by atoms with Gasteiger partial charge in [-0.1, -0.05) is 6.07 Å². The van der Waals surface area contributed by atoms with Gasteiger partial charge in [0.05, 0.1) is 12.6 Å². The molecule has 3 nitrogen and oxygen atoms in total. The fourth-order valence-electron chi connectivity index (χ4n) is 2.35. The van der Waals surface area contributed by atoms with Crippen molar-refractivity contribution in [1.82, 2.24) is 4.57 Å². The predicted molar refractivity (Wildman–Crippen MR) is 71.5 cm³/mol. The van der Waals surface area contributed by atoms with E-state index in [0.29, 0.717) is 6.04 Å². The molecule has 1 aromatic heterocycles. The molecule has 0 bridgehead atoms. The third-order valence-electron chi connectivity index (χ3n) is 3.08. The van der Waals surface area contributed by atoms with Crippen LogP contribution in [0.1, 0.15) is 38.5 Å². The second-order valence-corrected chi connectivity index (χ2v) is 4.71. The SMILES string of the molecule is COc1cccc2c1cc(C(C)N)n2C(C)C. The van der Waals surface area contributed by atoms with Crippen LogP contribution in [-0.2, 0) is 0 Å². The average molecular weight is 232 g/mol. The van der Waals surface area contributed by atoms with Gasteiger partial charge in [-0.3, -0.25) is 0 Å². The number of ether oxygens (including phenoxy) is 1. The highest BCUT2D eigenvalue weighted by atomic mass is 16.5. The number of methoxy groups -OCH3 is 1. The van der Waals surface area contributed by atoms with Gasteiger partial charge in [-0.25, -0.2) is 0 Å². The van der Waals surface area contributed by atoms with E-state index in [1.165, 1.54) is 5.52 Å². The Kier molecular flexibility index (Phi) is 3.11. The summed E-state index contributed by atoms with van der Waals surface area (Å²) >= 11 is 0. The molecule has 17 heavy (non-hydrogen) atoms. The molecule has 1 unspecified atom stereocenters. The van der Waals surface area contributed by atoms with Crippen LogP contribution >= 0.6 is 0 Å². The Morgan fingerprint density at radius 2 is 1.94 bits per heavy atom. The van der Waals surface area contributed by atoms with E-state index in [2.05, 4.69) is 30.5 Å². The van der Waals surface area contributed by atoms with E-state index in [9.17, 15) is 0 Å². The van der Waals surface area contributed by atoms with Crippen LogP contribution in [0.15, 0.2) is 24.3 Å². The summed E-state index contributed by atoms with van der Waals surface area (Å²) in [5, 5.41) is 1.14. The third-order valence-corrected chi connectivity index (χ3v) is 3.08. The molecule has 1 aromatic carbocycles. The summed E-state index contributed by atoms with van der Waals surface area (Å²) in [5.41, 5.74) is 8.39. The van der Waals surface area contributed by atoms with Crippen molar-refractivity contribution in [2.24, 2.45) is 5.73 Å². The van der Waals surface area contributed by atoms with Crippen LogP contribution in [0.2, 0.25) is 0 Å². The maximum Gasteiger partial charge on any atom is 0.128 e. The number of nitrogens with zero attached hydrogens (tertiary/aromatic N) is 1. The van der Waals surface area contributed by atoms with Crippen molar-refractivity contribution < 1.29 is 4.74 Å². The molecule has 2 rings (SSSR count). The molecule has 1 heterocycles. The van der Waals surface area contributed by atoms with Gasteiger partial charge in [0.15, 0.2) is 0 Å². The van der Waals surface area contributed by atoms with Crippen molar-refractivity contribution in [3.05, 3.63) is 30.0 Å². The topological polar surface area (TPSA) is 40.2 Å². The first kappa shape index (κ1) is 12.0. The summed E-state index contributed by atoms with van der Waals surface area (Å²) in [6, 6.07) is 8.67. The molecule has 3 heteroatoms. The first-order valence-electron chi connectivity index (χ1n) is 5.99. The average Bonchev–Trinajstić information content (AvgIpc) is 2.67. The van der Waals surface area contributed by atoms with E-state index in [4.69, 9.17) is 10.5 Å². The zero-order valence-corrected chi connectivity index (χ0v) is 10.9. The molecular weight excluding hydrogens is 212 g/mol. The highest BCUT2D eigenvalue weighted by Crippen LogP contribution is 2.32. The predicted octanol–water partition coefficient (Wildman–Crippen LogP) is 3.25.